The number of ether oxygens (including phenoxy) is 1. The summed E-state index contributed by atoms with van der Waals surface area (Å²) in [7, 11) is 1.56. The molecule has 0 aromatic heterocycles. The molecule has 0 radical (unpaired) electrons. The van der Waals surface area contributed by atoms with Crippen molar-refractivity contribution in [2.75, 3.05) is 7.11 Å². The summed E-state index contributed by atoms with van der Waals surface area (Å²) in [6.45, 7) is 5.90. The summed E-state index contributed by atoms with van der Waals surface area (Å²) in [6.07, 6.45) is 0. The highest BCUT2D eigenvalue weighted by Gasteiger charge is 2.76. The number of nitrogens with zero attached hydrogens (tertiary/aromatic N) is 2. The Labute approximate surface area is 124 Å². The van der Waals surface area contributed by atoms with Crippen LogP contribution >= 0.6 is 11.6 Å². The molecular formula is C16H17ClN2O. The van der Waals surface area contributed by atoms with Crippen LogP contribution in [0.3, 0.4) is 0 Å². The maximum Gasteiger partial charge on any atom is 0.180 e. The van der Waals surface area contributed by atoms with Crippen LogP contribution in [0.2, 0.25) is 5.02 Å². The van der Waals surface area contributed by atoms with E-state index in [0.29, 0.717) is 5.02 Å². The van der Waals surface area contributed by atoms with Crippen LogP contribution < -0.4 is 0 Å². The van der Waals surface area contributed by atoms with Gasteiger partial charge in [0.05, 0.1) is 12.1 Å². The van der Waals surface area contributed by atoms with Crippen molar-refractivity contribution >= 4 is 11.6 Å². The zero-order valence-corrected chi connectivity index (χ0v) is 12.8. The van der Waals surface area contributed by atoms with E-state index in [-0.39, 0.29) is 11.3 Å². The van der Waals surface area contributed by atoms with E-state index in [1.165, 1.54) is 0 Å². The molecule has 0 amide bonds. The minimum Gasteiger partial charge on any atom is -0.375 e. The molecule has 2 atom stereocenters. The molecule has 1 aliphatic rings. The molecule has 0 N–H and O–H groups in total. The number of halogens is 1. The molecule has 0 spiro atoms. The summed E-state index contributed by atoms with van der Waals surface area (Å²) in [6, 6.07) is 11.7. The molecule has 1 aliphatic carbocycles. The third-order valence-corrected chi connectivity index (χ3v) is 5.35. The Bertz CT molecular complexity index is 595. The normalized spacial score (nSPS) is 29.9. The average molecular weight is 289 g/mol. The van der Waals surface area contributed by atoms with E-state index in [4.69, 9.17) is 16.3 Å². The molecule has 1 aromatic carbocycles. The minimum atomic E-state index is -1.20. The predicted octanol–water partition coefficient (Wildman–Crippen LogP) is 3.90. The van der Waals surface area contributed by atoms with E-state index in [9.17, 15) is 10.5 Å². The number of rotatable bonds is 2. The van der Waals surface area contributed by atoms with Crippen LogP contribution in [0.4, 0.5) is 0 Å². The van der Waals surface area contributed by atoms with Gasteiger partial charge in [-0.2, -0.15) is 10.5 Å². The number of benzene rings is 1. The van der Waals surface area contributed by atoms with Crippen molar-refractivity contribution in [3.63, 3.8) is 0 Å². The molecule has 0 unspecified atom stereocenters. The van der Waals surface area contributed by atoms with Gasteiger partial charge in [0.2, 0.25) is 0 Å². The smallest absolute Gasteiger partial charge is 0.180 e. The van der Waals surface area contributed by atoms with E-state index < -0.39 is 11.0 Å². The van der Waals surface area contributed by atoms with Gasteiger partial charge in [0.15, 0.2) is 5.41 Å². The number of hydrogen-bond acceptors (Lipinski definition) is 3. The molecule has 0 aliphatic heterocycles. The van der Waals surface area contributed by atoms with Gasteiger partial charge in [-0.15, -0.1) is 0 Å². The van der Waals surface area contributed by atoms with Crippen molar-refractivity contribution in [1.82, 2.24) is 0 Å². The number of hydrogen-bond donors (Lipinski definition) is 0. The second-order valence-electron chi connectivity index (χ2n) is 5.98. The van der Waals surface area contributed by atoms with Crippen molar-refractivity contribution in [3.05, 3.63) is 34.9 Å². The lowest BCUT2D eigenvalue weighted by Crippen LogP contribution is -2.72. The second kappa shape index (κ2) is 4.48. The fourth-order valence-corrected chi connectivity index (χ4v) is 3.76. The summed E-state index contributed by atoms with van der Waals surface area (Å²) in [5, 5.41) is 19.9. The van der Waals surface area contributed by atoms with Gasteiger partial charge in [0.1, 0.15) is 5.60 Å². The van der Waals surface area contributed by atoms with Gasteiger partial charge in [0, 0.05) is 23.5 Å². The Morgan fingerprint density at radius 3 is 2.00 bits per heavy atom. The van der Waals surface area contributed by atoms with Crippen LogP contribution in [0.1, 0.15) is 32.3 Å². The Kier molecular flexibility index (Phi) is 3.33. The molecule has 1 fully saturated rings. The highest BCUT2D eigenvalue weighted by molar-refractivity contribution is 6.30. The summed E-state index contributed by atoms with van der Waals surface area (Å²) < 4.78 is 5.59. The third-order valence-electron chi connectivity index (χ3n) is 5.10. The van der Waals surface area contributed by atoms with Crippen LogP contribution in [0.25, 0.3) is 0 Å². The van der Waals surface area contributed by atoms with Crippen LogP contribution in [0, 0.1) is 33.5 Å². The van der Waals surface area contributed by atoms with Gasteiger partial charge in [0.25, 0.3) is 0 Å². The first-order chi connectivity index (χ1) is 9.30. The molecule has 3 nitrogen and oxygen atoms in total. The molecule has 20 heavy (non-hydrogen) atoms. The number of nitriles is 2. The maximum absolute atomic E-state index is 9.64. The van der Waals surface area contributed by atoms with E-state index >= 15 is 0 Å². The maximum atomic E-state index is 9.64. The molecule has 2 rings (SSSR count). The molecule has 0 heterocycles. The topological polar surface area (TPSA) is 56.8 Å². The fraction of sp³-hybridized carbons (Fsp3) is 0.500. The quantitative estimate of drug-likeness (QED) is 0.829. The van der Waals surface area contributed by atoms with Crippen LogP contribution in [-0.4, -0.2) is 12.7 Å². The SMILES string of the molecule is CO[C@@]1(C)C(C)(C)[C@H](c2ccc(Cl)cc2)C1(C#N)C#N. The van der Waals surface area contributed by atoms with E-state index in [1.54, 1.807) is 19.2 Å². The zero-order chi connectivity index (χ0) is 15.2. The Morgan fingerprint density at radius 1 is 1.10 bits per heavy atom. The van der Waals surface area contributed by atoms with Crippen molar-refractivity contribution in [1.29, 1.82) is 10.5 Å². The summed E-state index contributed by atoms with van der Waals surface area (Å²) in [4.78, 5) is 0. The molecule has 104 valence electrons. The van der Waals surface area contributed by atoms with Gasteiger partial charge in [-0.3, -0.25) is 0 Å². The Balaban J connectivity index is 2.61. The molecule has 0 saturated heterocycles. The zero-order valence-electron chi connectivity index (χ0n) is 12.1. The molecule has 1 aromatic rings. The highest BCUT2D eigenvalue weighted by Crippen LogP contribution is 2.71. The van der Waals surface area contributed by atoms with Crippen molar-refractivity contribution in [2.24, 2.45) is 10.8 Å². The van der Waals surface area contributed by atoms with E-state index in [1.807, 2.05) is 32.9 Å². The van der Waals surface area contributed by atoms with Gasteiger partial charge in [-0.25, -0.2) is 0 Å². The van der Waals surface area contributed by atoms with Gasteiger partial charge >= 0.3 is 0 Å². The Hall–Kier alpha value is -1.55. The monoisotopic (exact) mass is 288 g/mol. The first-order valence-corrected chi connectivity index (χ1v) is 6.81. The van der Waals surface area contributed by atoms with Crippen molar-refractivity contribution < 1.29 is 4.74 Å². The summed E-state index contributed by atoms with van der Waals surface area (Å²) in [5.41, 5.74) is -1.40. The largest absolute Gasteiger partial charge is 0.375 e. The molecule has 4 heteroatoms. The lowest BCUT2D eigenvalue weighted by Gasteiger charge is -2.66. The summed E-state index contributed by atoms with van der Waals surface area (Å²) in [5.74, 6) is -0.216. The van der Waals surface area contributed by atoms with Crippen LogP contribution in [0.15, 0.2) is 24.3 Å². The Morgan fingerprint density at radius 2 is 1.60 bits per heavy atom. The standard InChI is InChI=1S/C16H17ClN2O/c1-14(2)13(11-5-7-12(17)8-6-11)16(9-18,10-19)15(14,3)20-4/h5-8,13H,1-4H3/t13-,15-/m0/s1. The molecular weight excluding hydrogens is 272 g/mol. The first-order valence-electron chi connectivity index (χ1n) is 6.44. The molecule has 1 saturated carbocycles. The second-order valence-corrected chi connectivity index (χ2v) is 6.41. The first kappa shape index (κ1) is 14.9. The predicted molar refractivity (Wildman–Crippen MR) is 77.0 cm³/mol. The van der Waals surface area contributed by atoms with E-state index in [2.05, 4.69) is 12.1 Å². The van der Waals surface area contributed by atoms with Gasteiger partial charge in [-0.1, -0.05) is 37.6 Å². The molecule has 0 bridgehead atoms. The lowest BCUT2D eigenvalue weighted by molar-refractivity contribution is -0.237. The lowest BCUT2D eigenvalue weighted by atomic mass is 9.37. The average Bonchev–Trinajstić information content (AvgIpc) is 2.44. The fourth-order valence-electron chi connectivity index (χ4n) is 3.64. The van der Waals surface area contributed by atoms with Crippen molar-refractivity contribution in [3.8, 4) is 12.1 Å². The minimum absolute atomic E-state index is 0.216. The number of methoxy groups -OCH3 is 1. The van der Waals surface area contributed by atoms with Crippen LogP contribution in [0.5, 0.6) is 0 Å². The highest BCUT2D eigenvalue weighted by atomic mass is 35.5. The van der Waals surface area contributed by atoms with Gasteiger partial charge < -0.3 is 4.74 Å². The van der Waals surface area contributed by atoms with E-state index in [0.717, 1.165) is 5.56 Å². The van der Waals surface area contributed by atoms with Gasteiger partial charge in [-0.05, 0) is 24.6 Å². The third kappa shape index (κ3) is 1.48. The van der Waals surface area contributed by atoms with Crippen molar-refractivity contribution in [2.45, 2.75) is 32.3 Å². The van der Waals surface area contributed by atoms with Crippen LogP contribution in [-0.2, 0) is 4.74 Å². The summed E-state index contributed by atoms with van der Waals surface area (Å²) >= 11 is 5.92.